The van der Waals surface area contributed by atoms with Gasteiger partial charge in [0, 0.05) is 22.8 Å². The Morgan fingerprint density at radius 3 is 2.67 bits per heavy atom. The van der Waals surface area contributed by atoms with Crippen LogP contribution in [0.1, 0.15) is 11.4 Å². The summed E-state index contributed by atoms with van der Waals surface area (Å²) in [6.45, 7) is 0. The Balaban J connectivity index is 1.92. The van der Waals surface area contributed by atoms with Gasteiger partial charge < -0.3 is 5.73 Å². The molecule has 0 aliphatic rings. The van der Waals surface area contributed by atoms with Gasteiger partial charge in [0.2, 0.25) is 0 Å². The van der Waals surface area contributed by atoms with E-state index in [0.717, 1.165) is 27.2 Å². The van der Waals surface area contributed by atoms with E-state index in [1.807, 2.05) is 42.6 Å². The lowest BCUT2D eigenvalue weighted by molar-refractivity contribution is 0.897. The van der Waals surface area contributed by atoms with E-state index in [0.29, 0.717) is 6.42 Å². The highest BCUT2D eigenvalue weighted by Crippen LogP contribution is 2.13. The fourth-order valence-corrected chi connectivity index (χ4v) is 2.12. The second kappa shape index (κ2) is 4.42. The molecule has 5 heteroatoms. The van der Waals surface area contributed by atoms with Crippen LogP contribution in [0.25, 0.3) is 5.65 Å². The van der Waals surface area contributed by atoms with Crippen LogP contribution in [-0.4, -0.2) is 14.6 Å². The van der Waals surface area contributed by atoms with Gasteiger partial charge in [-0.25, -0.2) is 9.50 Å². The summed E-state index contributed by atoms with van der Waals surface area (Å²) < 4.78 is 2.76. The molecule has 2 N–H and O–H groups in total. The molecule has 1 aromatic carbocycles. The molecule has 0 radical (unpaired) electrons. The van der Waals surface area contributed by atoms with Crippen LogP contribution in [0.3, 0.4) is 0 Å². The van der Waals surface area contributed by atoms with Gasteiger partial charge in [-0.1, -0.05) is 12.1 Å². The number of pyridine rings is 1. The molecule has 0 fully saturated rings. The first-order valence-electron chi connectivity index (χ1n) is 5.56. The number of anilines is 1. The second-order valence-corrected chi connectivity index (χ2v) is 5.01. The molecular weight excluding hydrogens is 292 g/mol. The number of nitrogen functional groups attached to an aromatic ring is 1. The Morgan fingerprint density at radius 1 is 1.11 bits per heavy atom. The van der Waals surface area contributed by atoms with Crippen molar-refractivity contribution in [2.75, 3.05) is 5.73 Å². The van der Waals surface area contributed by atoms with E-state index < -0.39 is 0 Å². The number of hydrogen-bond donors (Lipinski definition) is 1. The van der Waals surface area contributed by atoms with Crippen LogP contribution >= 0.6 is 15.9 Å². The number of benzene rings is 1. The summed E-state index contributed by atoms with van der Waals surface area (Å²) in [6.07, 6.45) is 2.61. The van der Waals surface area contributed by atoms with Gasteiger partial charge in [0.25, 0.3) is 0 Å². The molecule has 3 rings (SSSR count). The maximum Gasteiger partial charge on any atom is 0.156 e. The van der Waals surface area contributed by atoms with Gasteiger partial charge in [0.15, 0.2) is 11.5 Å². The molecule has 0 aliphatic heterocycles. The maximum absolute atomic E-state index is 5.66. The molecule has 0 saturated heterocycles. The molecule has 0 unspecified atom stereocenters. The molecule has 0 spiro atoms. The van der Waals surface area contributed by atoms with Crippen LogP contribution in [0, 0.1) is 0 Å². The zero-order valence-electron chi connectivity index (χ0n) is 9.55. The molecule has 0 bridgehead atoms. The van der Waals surface area contributed by atoms with Crippen molar-refractivity contribution >= 4 is 27.3 Å². The lowest BCUT2D eigenvalue weighted by Gasteiger charge is -1.97. The van der Waals surface area contributed by atoms with Crippen LogP contribution in [0.4, 0.5) is 5.69 Å². The van der Waals surface area contributed by atoms with Crippen LogP contribution in [0.2, 0.25) is 0 Å². The molecule has 18 heavy (non-hydrogen) atoms. The number of fused-ring (bicyclic) bond motifs is 1. The molecule has 0 aliphatic carbocycles. The van der Waals surface area contributed by atoms with Crippen molar-refractivity contribution in [3.05, 3.63) is 58.5 Å². The number of halogens is 1. The summed E-state index contributed by atoms with van der Waals surface area (Å²) >= 11 is 3.41. The van der Waals surface area contributed by atoms with Crippen molar-refractivity contribution in [1.29, 1.82) is 0 Å². The average molecular weight is 303 g/mol. The number of rotatable bonds is 2. The molecule has 4 nitrogen and oxygen atoms in total. The van der Waals surface area contributed by atoms with Crippen molar-refractivity contribution in [3.63, 3.8) is 0 Å². The zero-order valence-corrected chi connectivity index (χ0v) is 11.1. The Bertz CT molecular complexity index is 688. The third-order valence-electron chi connectivity index (χ3n) is 2.68. The van der Waals surface area contributed by atoms with E-state index in [9.17, 15) is 0 Å². The first kappa shape index (κ1) is 11.2. The minimum absolute atomic E-state index is 0.708. The number of nitrogens with two attached hydrogens (primary N) is 1. The minimum Gasteiger partial charge on any atom is -0.399 e. The topological polar surface area (TPSA) is 56.2 Å². The number of hydrogen-bond acceptors (Lipinski definition) is 3. The fraction of sp³-hybridized carbons (Fsp3) is 0.0769. The summed E-state index contributed by atoms with van der Waals surface area (Å²) in [5, 5.41) is 4.44. The number of nitrogens with zero attached hydrogens (tertiary/aromatic N) is 3. The minimum atomic E-state index is 0.708. The fourth-order valence-electron chi connectivity index (χ4n) is 1.80. The summed E-state index contributed by atoms with van der Waals surface area (Å²) in [6, 6.07) is 11.7. The van der Waals surface area contributed by atoms with Crippen molar-refractivity contribution in [1.82, 2.24) is 14.6 Å². The van der Waals surface area contributed by atoms with E-state index in [1.54, 1.807) is 4.52 Å². The Morgan fingerprint density at radius 2 is 1.89 bits per heavy atom. The van der Waals surface area contributed by atoms with Gasteiger partial charge in [-0.05, 0) is 45.8 Å². The van der Waals surface area contributed by atoms with Crippen molar-refractivity contribution in [2.24, 2.45) is 0 Å². The third-order valence-corrected chi connectivity index (χ3v) is 3.15. The van der Waals surface area contributed by atoms with Crippen molar-refractivity contribution in [2.45, 2.75) is 6.42 Å². The van der Waals surface area contributed by atoms with E-state index in [4.69, 9.17) is 5.73 Å². The molecule has 0 amide bonds. The number of aromatic nitrogens is 3. The van der Waals surface area contributed by atoms with Crippen LogP contribution in [0.15, 0.2) is 47.1 Å². The van der Waals surface area contributed by atoms with Crippen molar-refractivity contribution in [3.8, 4) is 0 Å². The lowest BCUT2D eigenvalue weighted by atomic mass is 10.1. The summed E-state index contributed by atoms with van der Waals surface area (Å²) in [7, 11) is 0. The van der Waals surface area contributed by atoms with Crippen LogP contribution in [0.5, 0.6) is 0 Å². The van der Waals surface area contributed by atoms with Gasteiger partial charge >= 0.3 is 0 Å². The molecule has 2 aromatic heterocycles. The normalized spacial score (nSPS) is 10.9. The first-order chi connectivity index (χ1) is 8.70. The Hall–Kier alpha value is -1.88. The van der Waals surface area contributed by atoms with Crippen LogP contribution in [-0.2, 0) is 6.42 Å². The first-order valence-corrected chi connectivity index (χ1v) is 6.35. The largest absolute Gasteiger partial charge is 0.399 e. The van der Waals surface area contributed by atoms with Gasteiger partial charge in [0.1, 0.15) is 0 Å². The smallest absolute Gasteiger partial charge is 0.156 e. The zero-order chi connectivity index (χ0) is 12.5. The monoisotopic (exact) mass is 302 g/mol. The second-order valence-electron chi connectivity index (χ2n) is 4.10. The molecule has 3 aromatic rings. The lowest BCUT2D eigenvalue weighted by Crippen LogP contribution is -1.93. The third kappa shape index (κ3) is 2.22. The average Bonchev–Trinajstić information content (AvgIpc) is 2.73. The van der Waals surface area contributed by atoms with E-state index in [1.165, 1.54) is 0 Å². The van der Waals surface area contributed by atoms with Gasteiger partial charge in [-0.2, -0.15) is 5.10 Å². The highest BCUT2D eigenvalue weighted by atomic mass is 79.9. The Kier molecular flexibility index (Phi) is 2.76. The molecular formula is C13H11BrN4. The Labute approximate surface area is 113 Å². The molecule has 0 saturated carbocycles. The summed E-state index contributed by atoms with van der Waals surface area (Å²) in [5.74, 6) is 0.804. The maximum atomic E-state index is 5.66. The molecule has 2 heterocycles. The highest BCUT2D eigenvalue weighted by molar-refractivity contribution is 9.10. The van der Waals surface area contributed by atoms with Gasteiger partial charge in [-0.3, -0.25) is 0 Å². The van der Waals surface area contributed by atoms with Gasteiger partial charge in [0.05, 0.1) is 0 Å². The molecule has 0 atom stereocenters. The highest BCUT2D eigenvalue weighted by Gasteiger charge is 2.04. The summed E-state index contributed by atoms with van der Waals surface area (Å²) in [5.41, 5.74) is 8.43. The van der Waals surface area contributed by atoms with E-state index >= 15 is 0 Å². The SMILES string of the molecule is Nc1ccc(Cc2nc3ccc(Br)cn3n2)cc1. The van der Waals surface area contributed by atoms with Crippen molar-refractivity contribution < 1.29 is 0 Å². The predicted octanol–water partition coefficient (Wildman–Crippen LogP) is 2.66. The quantitative estimate of drug-likeness (QED) is 0.741. The molecule has 90 valence electrons. The van der Waals surface area contributed by atoms with Crippen LogP contribution < -0.4 is 5.73 Å². The summed E-state index contributed by atoms with van der Waals surface area (Å²) in [4.78, 5) is 4.47. The standard InChI is InChI=1S/C13H11BrN4/c14-10-3-6-13-16-12(17-18(13)8-10)7-9-1-4-11(15)5-2-9/h1-6,8H,7,15H2. The predicted molar refractivity (Wildman–Crippen MR) is 74.3 cm³/mol. The van der Waals surface area contributed by atoms with E-state index in [-0.39, 0.29) is 0 Å². The van der Waals surface area contributed by atoms with E-state index in [2.05, 4.69) is 26.0 Å². The van der Waals surface area contributed by atoms with Gasteiger partial charge in [-0.15, -0.1) is 0 Å².